The van der Waals surface area contributed by atoms with Crippen molar-refractivity contribution >= 4 is 23.6 Å². The number of benzene rings is 1. The molecule has 0 saturated carbocycles. The Hall–Kier alpha value is -1.28. The number of carbonyl (C=O) groups is 1. The standard InChI is InChI=1S/C12H13ClO2/c1-3-10(12(14)15-2)8-9-4-6-11(13)7-5-9/h4-8H,3H2,1-2H3/b10-8+. The molecule has 0 unspecified atom stereocenters. The Balaban J connectivity index is 2.93. The highest BCUT2D eigenvalue weighted by molar-refractivity contribution is 6.30. The van der Waals surface area contributed by atoms with Crippen LogP contribution in [-0.4, -0.2) is 13.1 Å². The van der Waals surface area contributed by atoms with Crippen molar-refractivity contribution in [2.24, 2.45) is 0 Å². The maximum atomic E-state index is 11.3. The van der Waals surface area contributed by atoms with Gasteiger partial charge in [0.2, 0.25) is 0 Å². The number of methoxy groups -OCH3 is 1. The number of esters is 1. The molecular weight excluding hydrogens is 212 g/mol. The van der Waals surface area contributed by atoms with Crippen molar-refractivity contribution in [2.75, 3.05) is 7.11 Å². The van der Waals surface area contributed by atoms with Crippen molar-refractivity contribution in [1.29, 1.82) is 0 Å². The van der Waals surface area contributed by atoms with Crippen molar-refractivity contribution < 1.29 is 9.53 Å². The zero-order chi connectivity index (χ0) is 11.3. The van der Waals surface area contributed by atoms with Gasteiger partial charge in [-0.1, -0.05) is 30.7 Å². The summed E-state index contributed by atoms with van der Waals surface area (Å²) in [4.78, 5) is 11.3. The van der Waals surface area contributed by atoms with E-state index in [0.29, 0.717) is 17.0 Å². The average molecular weight is 225 g/mol. The number of hydrogen-bond donors (Lipinski definition) is 0. The van der Waals surface area contributed by atoms with Gasteiger partial charge in [0.05, 0.1) is 7.11 Å². The second-order valence-corrected chi connectivity index (χ2v) is 3.50. The van der Waals surface area contributed by atoms with E-state index < -0.39 is 0 Å². The molecule has 1 aromatic carbocycles. The minimum Gasteiger partial charge on any atom is -0.466 e. The third-order valence-corrected chi connectivity index (χ3v) is 2.29. The van der Waals surface area contributed by atoms with E-state index in [1.165, 1.54) is 7.11 Å². The summed E-state index contributed by atoms with van der Waals surface area (Å²) in [7, 11) is 1.38. The van der Waals surface area contributed by atoms with Gasteiger partial charge in [-0.25, -0.2) is 4.79 Å². The molecule has 80 valence electrons. The van der Waals surface area contributed by atoms with Crippen molar-refractivity contribution in [1.82, 2.24) is 0 Å². The Kier molecular flexibility index (Phi) is 4.37. The van der Waals surface area contributed by atoms with Gasteiger partial charge >= 0.3 is 5.97 Å². The fourth-order valence-electron chi connectivity index (χ4n) is 1.20. The number of halogens is 1. The van der Waals surface area contributed by atoms with Crippen LogP contribution in [0.1, 0.15) is 18.9 Å². The largest absolute Gasteiger partial charge is 0.466 e. The molecule has 0 spiro atoms. The zero-order valence-corrected chi connectivity index (χ0v) is 9.54. The molecular formula is C12H13ClO2. The molecule has 0 aliphatic heterocycles. The fraction of sp³-hybridized carbons (Fsp3) is 0.250. The number of rotatable bonds is 3. The van der Waals surface area contributed by atoms with Crippen molar-refractivity contribution in [3.05, 3.63) is 40.4 Å². The SMILES string of the molecule is CC/C(=C\c1ccc(Cl)cc1)C(=O)OC. The molecule has 0 heterocycles. The summed E-state index contributed by atoms with van der Waals surface area (Å²) in [5.41, 5.74) is 1.60. The first-order chi connectivity index (χ1) is 7.17. The first-order valence-electron chi connectivity index (χ1n) is 4.71. The second kappa shape index (κ2) is 5.56. The highest BCUT2D eigenvalue weighted by Gasteiger charge is 2.06. The number of hydrogen-bond acceptors (Lipinski definition) is 2. The Morgan fingerprint density at radius 2 is 2.00 bits per heavy atom. The highest BCUT2D eigenvalue weighted by Crippen LogP contribution is 2.14. The molecule has 0 radical (unpaired) electrons. The van der Waals surface area contributed by atoms with Gasteiger partial charge in [-0.3, -0.25) is 0 Å². The maximum Gasteiger partial charge on any atom is 0.333 e. The van der Waals surface area contributed by atoms with Crippen LogP contribution in [0.5, 0.6) is 0 Å². The summed E-state index contributed by atoms with van der Waals surface area (Å²) >= 11 is 5.76. The number of carbonyl (C=O) groups excluding carboxylic acids is 1. The first-order valence-corrected chi connectivity index (χ1v) is 5.09. The first kappa shape index (κ1) is 11.8. The quantitative estimate of drug-likeness (QED) is 0.582. The van der Waals surface area contributed by atoms with Crippen LogP contribution in [0.4, 0.5) is 0 Å². The molecule has 1 rings (SSSR count). The monoisotopic (exact) mass is 224 g/mol. The highest BCUT2D eigenvalue weighted by atomic mass is 35.5. The van der Waals surface area contributed by atoms with Crippen molar-refractivity contribution in [3.8, 4) is 0 Å². The summed E-state index contributed by atoms with van der Waals surface area (Å²) in [6, 6.07) is 7.30. The Bertz CT molecular complexity index is 366. The fourth-order valence-corrected chi connectivity index (χ4v) is 1.32. The lowest BCUT2D eigenvalue weighted by Gasteiger charge is -2.02. The minimum atomic E-state index is -0.285. The van der Waals surface area contributed by atoms with Crippen LogP contribution in [0.25, 0.3) is 6.08 Å². The van der Waals surface area contributed by atoms with E-state index in [2.05, 4.69) is 4.74 Å². The van der Waals surface area contributed by atoms with Crippen LogP contribution < -0.4 is 0 Å². The van der Waals surface area contributed by atoms with E-state index in [0.717, 1.165) is 5.56 Å². The molecule has 0 aromatic heterocycles. The molecule has 2 nitrogen and oxygen atoms in total. The predicted octanol–water partition coefficient (Wildman–Crippen LogP) is 3.31. The molecule has 15 heavy (non-hydrogen) atoms. The van der Waals surface area contributed by atoms with Gasteiger partial charge in [0, 0.05) is 10.6 Å². The van der Waals surface area contributed by atoms with Gasteiger partial charge in [0.1, 0.15) is 0 Å². The van der Waals surface area contributed by atoms with Crippen LogP contribution in [-0.2, 0) is 9.53 Å². The van der Waals surface area contributed by atoms with E-state index in [1.807, 2.05) is 25.1 Å². The van der Waals surface area contributed by atoms with E-state index in [9.17, 15) is 4.79 Å². The summed E-state index contributed by atoms with van der Waals surface area (Å²) < 4.78 is 4.67. The van der Waals surface area contributed by atoms with Gasteiger partial charge in [-0.15, -0.1) is 0 Å². The van der Waals surface area contributed by atoms with Gasteiger partial charge < -0.3 is 4.74 Å². The van der Waals surface area contributed by atoms with Crippen LogP contribution in [0.3, 0.4) is 0 Å². The molecule has 0 N–H and O–H groups in total. The molecule has 0 fully saturated rings. The molecule has 0 aliphatic rings. The molecule has 1 aromatic rings. The summed E-state index contributed by atoms with van der Waals surface area (Å²) in [6.07, 6.45) is 2.46. The summed E-state index contributed by atoms with van der Waals surface area (Å²) in [6.45, 7) is 1.92. The summed E-state index contributed by atoms with van der Waals surface area (Å²) in [5, 5.41) is 0.684. The van der Waals surface area contributed by atoms with Gasteiger partial charge in [-0.2, -0.15) is 0 Å². The molecule has 0 saturated heterocycles. The molecule has 0 aliphatic carbocycles. The molecule has 0 atom stereocenters. The third-order valence-electron chi connectivity index (χ3n) is 2.04. The predicted molar refractivity (Wildman–Crippen MR) is 61.7 cm³/mol. The Morgan fingerprint density at radius 1 is 1.40 bits per heavy atom. The van der Waals surface area contributed by atoms with Crippen molar-refractivity contribution in [3.63, 3.8) is 0 Å². The second-order valence-electron chi connectivity index (χ2n) is 3.07. The zero-order valence-electron chi connectivity index (χ0n) is 8.79. The topological polar surface area (TPSA) is 26.3 Å². The normalized spacial score (nSPS) is 11.3. The van der Waals surface area contributed by atoms with Crippen molar-refractivity contribution in [2.45, 2.75) is 13.3 Å². The van der Waals surface area contributed by atoms with Gasteiger partial charge in [0.15, 0.2) is 0 Å². The van der Waals surface area contributed by atoms with Gasteiger partial charge in [-0.05, 0) is 30.2 Å². The van der Waals surface area contributed by atoms with E-state index in [4.69, 9.17) is 11.6 Å². The minimum absolute atomic E-state index is 0.285. The van der Waals surface area contributed by atoms with Crippen LogP contribution in [0.15, 0.2) is 29.8 Å². The van der Waals surface area contributed by atoms with Crippen LogP contribution in [0.2, 0.25) is 5.02 Å². The van der Waals surface area contributed by atoms with Gasteiger partial charge in [0.25, 0.3) is 0 Å². The van der Waals surface area contributed by atoms with E-state index in [1.54, 1.807) is 12.1 Å². The smallest absolute Gasteiger partial charge is 0.333 e. The molecule has 3 heteroatoms. The average Bonchev–Trinajstić information content (AvgIpc) is 2.27. The van der Waals surface area contributed by atoms with Crippen LogP contribution >= 0.6 is 11.6 Å². The lowest BCUT2D eigenvalue weighted by molar-refractivity contribution is -0.136. The lowest BCUT2D eigenvalue weighted by Crippen LogP contribution is -2.03. The third kappa shape index (κ3) is 3.40. The molecule has 0 amide bonds. The number of ether oxygens (including phenoxy) is 1. The molecule has 0 bridgehead atoms. The Morgan fingerprint density at radius 3 is 2.47 bits per heavy atom. The summed E-state index contributed by atoms with van der Waals surface area (Å²) in [5.74, 6) is -0.285. The maximum absolute atomic E-state index is 11.3. The lowest BCUT2D eigenvalue weighted by atomic mass is 10.1. The Labute approximate surface area is 94.5 Å². The van der Waals surface area contributed by atoms with E-state index >= 15 is 0 Å². The van der Waals surface area contributed by atoms with E-state index in [-0.39, 0.29) is 5.97 Å². The van der Waals surface area contributed by atoms with Crippen LogP contribution in [0, 0.1) is 0 Å².